The van der Waals surface area contributed by atoms with E-state index < -0.39 is 28.7 Å². The molecule has 7 heteroatoms. The van der Waals surface area contributed by atoms with Crippen molar-refractivity contribution in [1.29, 1.82) is 0 Å². The molecular weight excluding hydrogens is 360 g/mol. The van der Waals surface area contributed by atoms with Crippen molar-refractivity contribution in [2.75, 3.05) is 6.61 Å². The number of benzene rings is 2. The molecular formula is C21H26N2O5. The van der Waals surface area contributed by atoms with Crippen molar-refractivity contribution < 1.29 is 19.2 Å². The lowest BCUT2D eigenvalue weighted by molar-refractivity contribution is -0.532. The Kier molecular flexibility index (Phi) is 7.52. The van der Waals surface area contributed by atoms with E-state index in [2.05, 4.69) is 5.32 Å². The van der Waals surface area contributed by atoms with Crippen molar-refractivity contribution in [2.45, 2.75) is 45.1 Å². The van der Waals surface area contributed by atoms with Crippen molar-refractivity contribution in [3.8, 4) is 0 Å². The zero-order valence-corrected chi connectivity index (χ0v) is 16.3. The van der Waals surface area contributed by atoms with Crippen LogP contribution in [0.25, 0.3) is 0 Å². The zero-order valence-electron chi connectivity index (χ0n) is 16.3. The lowest BCUT2D eigenvalue weighted by Crippen LogP contribution is -2.44. The van der Waals surface area contributed by atoms with Gasteiger partial charge in [0.2, 0.25) is 0 Å². The SMILES string of the molecule is CC(C)(C)OC(=O)N[C@@H](c1ccccc1)[C@H](COCc1ccccc1)[N+](=O)[O-]. The number of nitrogens with one attached hydrogen (secondary N) is 1. The maximum atomic E-state index is 12.3. The van der Waals surface area contributed by atoms with Gasteiger partial charge in [0.05, 0.1) is 6.61 Å². The van der Waals surface area contributed by atoms with E-state index in [1.165, 1.54) is 0 Å². The second-order valence-electron chi connectivity index (χ2n) is 7.39. The van der Waals surface area contributed by atoms with Crippen molar-refractivity contribution in [3.05, 3.63) is 81.9 Å². The Morgan fingerprint density at radius 2 is 1.64 bits per heavy atom. The first-order valence-corrected chi connectivity index (χ1v) is 9.06. The molecule has 0 heterocycles. The Hall–Kier alpha value is -2.93. The third-order valence-electron chi connectivity index (χ3n) is 3.89. The van der Waals surface area contributed by atoms with Crippen molar-refractivity contribution >= 4 is 6.09 Å². The van der Waals surface area contributed by atoms with E-state index in [1.807, 2.05) is 30.3 Å². The maximum Gasteiger partial charge on any atom is 0.408 e. The molecule has 0 aliphatic carbocycles. The number of nitro groups is 1. The van der Waals surface area contributed by atoms with Gasteiger partial charge in [0, 0.05) is 4.92 Å². The topological polar surface area (TPSA) is 90.7 Å². The largest absolute Gasteiger partial charge is 0.444 e. The van der Waals surface area contributed by atoms with Crippen molar-refractivity contribution in [2.24, 2.45) is 0 Å². The third kappa shape index (κ3) is 7.00. The molecule has 1 amide bonds. The number of nitrogens with zero attached hydrogens (tertiary/aromatic N) is 1. The highest BCUT2D eigenvalue weighted by atomic mass is 16.6. The molecule has 1 N–H and O–H groups in total. The molecule has 0 saturated carbocycles. The molecule has 7 nitrogen and oxygen atoms in total. The maximum absolute atomic E-state index is 12.3. The summed E-state index contributed by atoms with van der Waals surface area (Å²) in [5.41, 5.74) is 0.818. The summed E-state index contributed by atoms with van der Waals surface area (Å²) >= 11 is 0. The summed E-state index contributed by atoms with van der Waals surface area (Å²) in [7, 11) is 0. The van der Waals surface area contributed by atoms with Gasteiger partial charge in [-0.1, -0.05) is 60.7 Å². The number of hydrogen-bond acceptors (Lipinski definition) is 5. The van der Waals surface area contributed by atoms with Crippen molar-refractivity contribution in [1.82, 2.24) is 5.32 Å². The van der Waals surface area contributed by atoms with Crippen LogP contribution in [0.15, 0.2) is 60.7 Å². The molecule has 28 heavy (non-hydrogen) atoms. The lowest BCUT2D eigenvalue weighted by atomic mass is 10.0. The number of amides is 1. The van der Waals surface area contributed by atoms with E-state index in [0.29, 0.717) is 5.56 Å². The summed E-state index contributed by atoms with van der Waals surface area (Å²) in [5, 5.41) is 14.4. The minimum absolute atomic E-state index is 0.156. The van der Waals surface area contributed by atoms with Crippen LogP contribution in [0.4, 0.5) is 4.79 Å². The van der Waals surface area contributed by atoms with Gasteiger partial charge in [-0.05, 0) is 31.9 Å². The second-order valence-corrected chi connectivity index (χ2v) is 7.39. The van der Waals surface area contributed by atoms with E-state index in [-0.39, 0.29) is 13.2 Å². The highest BCUT2D eigenvalue weighted by molar-refractivity contribution is 5.68. The smallest absolute Gasteiger partial charge is 0.408 e. The molecule has 2 rings (SSSR count). The Morgan fingerprint density at radius 1 is 1.07 bits per heavy atom. The summed E-state index contributed by atoms with van der Waals surface area (Å²) in [4.78, 5) is 23.6. The fourth-order valence-electron chi connectivity index (χ4n) is 2.65. The van der Waals surface area contributed by atoms with Crippen LogP contribution in [0, 0.1) is 10.1 Å². The van der Waals surface area contributed by atoms with Crippen LogP contribution in [0.3, 0.4) is 0 Å². The average molecular weight is 386 g/mol. The van der Waals surface area contributed by atoms with Crippen LogP contribution < -0.4 is 5.32 Å². The molecule has 150 valence electrons. The first-order valence-electron chi connectivity index (χ1n) is 9.06. The van der Waals surface area contributed by atoms with Gasteiger partial charge in [-0.25, -0.2) is 4.79 Å². The molecule has 0 saturated heterocycles. The van der Waals surface area contributed by atoms with Gasteiger partial charge in [-0.15, -0.1) is 0 Å². The first-order chi connectivity index (χ1) is 13.3. The Labute approximate surface area is 164 Å². The standard InChI is InChI=1S/C21H26N2O5/c1-21(2,3)28-20(24)22-19(17-12-8-5-9-13-17)18(23(25)26)15-27-14-16-10-6-4-7-11-16/h4-13,18-19H,14-15H2,1-3H3,(H,22,24)/t18-,19-/m0/s1. The summed E-state index contributed by atoms with van der Waals surface area (Å²) in [6.45, 7) is 5.30. The number of alkyl carbamates (subject to hydrolysis) is 1. The normalized spacial score (nSPS) is 13.4. The fraction of sp³-hybridized carbons (Fsp3) is 0.381. The van der Waals surface area contributed by atoms with Crippen LogP contribution in [0.2, 0.25) is 0 Å². The van der Waals surface area contributed by atoms with E-state index >= 15 is 0 Å². The molecule has 0 aliphatic rings. The van der Waals surface area contributed by atoms with Gasteiger partial charge in [0.25, 0.3) is 6.04 Å². The number of ether oxygens (including phenoxy) is 2. The number of rotatable bonds is 8. The molecule has 0 aromatic heterocycles. The highest BCUT2D eigenvalue weighted by Gasteiger charge is 2.35. The van der Waals surface area contributed by atoms with Crippen LogP contribution in [-0.4, -0.2) is 29.3 Å². The molecule has 2 aromatic carbocycles. The number of carbonyl (C=O) groups is 1. The first kappa shape index (κ1) is 21.4. The summed E-state index contributed by atoms with van der Waals surface area (Å²) < 4.78 is 10.9. The van der Waals surface area contributed by atoms with Gasteiger partial charge in [-0.3, -0.25) is 10.1 Å². The van der Waals surface area contributed by atoms with Gasteiger partial charge in [-0.2, -0.15) is 0 Å². The van der Waals surface area contributed by atoms with Crippen LogP contribution >= 0.6 is 0 Å². The average Bonchev–Trinajstić information content (AvgIpc) is 2.63. The van der Waals surface area contributed by atoms with Gasteiger partial charge in [0.1, 0.15) is 18.2 Å². The van der Waals surface area contributed by atoms with E-state index in [1.54, 1.807) is 51.1 Å². The number of hydrogen-bond donors (Lipinski definition) is 1. The van der Waals surface area contributed by atoms with Gasteiger partial charge in [0.15, 0.2) is 0 Å². The monoisotopic (exact) mass is 386 g/mol. The molecule has 2 atom stereocenters. The van der Waals surface area contributed by atoms with E-state index in [0.717, 1.165) is 5.56 Å². The van der Waals surface area contributed by atoms with Crippen LogP contribution in [-0.2, 0) is 16.1 Å². The highest BCUT2D eigenvalue weighted by Crippen LogP contribution is 2.21. The molecule has 0 fully saturated rings. The predicted molar refractivity (Wildman–Crippen MR) is 105 cm³/mol. The van der Waals surface area contributed by atoms with Crippen molar-refractivity contribution in [3.63, 3.8) is 0 Å². The predicted octanol–water partition coefficient (Wildman–Crippen LogP) is 4.11. The Balaban J connectivity index is 2.14. The Bertz CT molecular complexity index is 759. The summed E-state index contributed by atoms with van der Waals surface area (Å²) in [6, 6.07) is 16.2. The van der Waals surface area contributed by atoms with Crippen LogP contribution in [0.5, 0.6) is 0 Å². The van der Waals surface area contributed by atoms with Crippen LogP contribution in [0.1, 0.15) is 37.9 Å². The molecule has 0 unspecified atom stereocenters. The molecule has 0 radical (unpaired) electrons. The van der Waals surface area contributed by atoms with E-state index in [9.17, 15) is 14.9 Å². The summed E-state index contributed by atoms with van der Waals surface area (Å²) in [5.74, 6) is 0. The zero-order chi connectivity index (χ0) is 20.6. The fourth-order valence-corrected chi connectivity index (χ4v) is 2.65. The summed E-state index contributed by atoms with van der Waals surface area (Å²) in [6.07, 6.45) is -0.712. The quantitative estimate of drug-likeness (QED) is 0.544. The third-order valence-corrected chi connectivity index (χ3v) is 3.89. The Morgan fingerprint density at radius 3 is 2.18 bits per heavy atom. The molecule has 0 spiro atoms. The molecule has 0 bridgehead atoms. The second kappa shape index (κ2) is 9.85. The van der Waals surface area contributed by atoms with Gasteiger partial charge >= 0.3 is 6.09 Å². The minimum atomic E-state index is -1.17. The van der Waals surface area contributed by atoms with E-state index in [4.69, 9.17) is 9.47 Å². The minimum Gasteiger partial charge on any atom is -0.444 e. The molecule has 2 aromatic rings. The van der Waals surface area contributed by atoms with Gasteiger partial charge < -0.3 is 14.8 Å². The molecule has 0 aliphatic heterocycles. The number of carbonyl (C=O) groups excluding carboxylic acids is 1. The lowest BCUT2D eigenvalue weighted by Gasteiger charge is -2.25.